The van der Waals surface area contributed by atoms with Crippen molar-refractivity contribution in [2.24, 2.45) is 5.41 Å². The summed E-state index contributed by atoms with van der Waals surface area (Å²) < 4.78 is 0. The second-order valence-electron chi connectivity index (χ2n) is 7.93. The number of amides is 2. The Labute approximate surface area is 156 Å². The standard InChI is InChI=1S/C21H31N3O2/c1-3-24-16-21(11-9-20(24)26)10-6-12-23(15-21)14-19(25)22-13-18-8-5-4-7-17(18)2/h4-5,7-8H,3,6,9-16H2,1-2H3,(H,22,25)/t21-/m1/s1. The quantitative estimate of drug-likeness (QED) is 0.880. The minimum Gasteiger partial charge on any atom is -0.351 e. The molecule has 0 unspecified atom stereocenters. The lowest BCUT2D eigenvalue weighted by atomic mass is 9.73. The maximum Gasteiger partial charge on any atom is 0.234 e. The van der Waals surface area contributed by atoms with Crippen LogP contribution in [0.15, 0.2) is 24.3 Å². The van der Waals surface area contributed by atoms with Crippen molar-refractivity contribution in [1.29, 1.82) is 0 Å². The number of carbonyl (C=O) groups excluding carboxylic acids is 2. The van der Waals surface area contributed by atoms with Gasteiger partial charge >= 0.3 is 0 Å². The first-order chi connectivity index (χ1) is 12.5. The fourth-order valence-corrected chi connectivity index (χ4v) is 4.43. The van der Waals surface area contributed by atoms with Gasteiger partial charge in [0.2, 0.25) is 11.8 Å². The van der Waals surface area contributed by atoms with E-state index in [0.29, 0.717) is 19.5 Å². The molecule has 3 rings (SSSR count). The number of benzene rings is 1. The van der Waals surface area contributed by atoms with Gasteiger partial charge in [-0.15, -0.1) is 0 Å². The van der Waals surface area contributed by atoms with Gasteiger partial charge in [-0.05, 0) is 50.8 Å². The second kappa shape index (κ2) is 8.21. The van der Waals surface area contributed by atoms with Gasteiger partial charge < -0.3 is 10.2 Å². The molecule has 5 heteroatoms. The number of nitrogens with zero attached hydrogens (tertiary/aromatic N) is 2. The molecule has 0 saturated carbocycles. The van der Waals surface area contributed by atoms with Gasteiger partial charge in [0, 0.05) is 38.0 Å². The van der Waals surface area contributed by atoms with Crippen LogP contribution >= 0.6 is 0 Å². The van der Waals surface area contributed by atoms with E-state index in [0.717, 1.165) is 45.4 Å². The van der Waals surface area contributed by atoms with Gasteiger partial charge in [-0.2, -0.15) is 0 Å². The fourth-order valence-electron chi connectivity index (χ4n) is 4.43. The number of rotatable bonds is 5. The highest BCUT2D eigenvalue weighted by molar-refractivity contribution is 5.78. The van der Waals surface area contributed by atoms with E-state index in [1.807, 2.05) is 17.0 Å². The van der Waals surface area contributed by atoms with E-state index in [2.05, 4.69) is 36.2 Å². The van der Waals surface area contributed by atoms with Crippen molar-refractivity contribution >= 4 is 11.8 Å². The molecule has 1 atom stereocenters. The van der Waals surface area contributed by atoms with Crippen LogP contribution in [0.25, 0.3) is 0 Å². The smallest absolute Gasteiger partial charge is 0.234 e. The van der Waals surface area contributed by atoms with Crippen molar-refractivity contribution < 1.29 is 9.59 Å². The van der Waals surface area contributed by atoms with Crippen LogP contribution in [0.4, 0.5) is 0 Å². The third kappa shape index (κ3) is 4.44. The van der Waals surface area contributed by atoms with Gasteiger partial charge in [0.1, 0.15) is 0 Å². The molecule has 0 bridgehead atoms. The van der Waals surface area contributed by atoms with E-state index in [-0.39, 0.29) is 17.2 Å². The molecule has 1 aromatic rings. The van der Waals surface area contributed by atoms with Crippen LogP contribution < -0.4 is 5.32 Å². The average molecular weight is 357 g/mol. The summed E-state index contributed by atoms with van der Waals surface area (Å²) in [4.78, 5) is 28.7. The van der Waals surface area contributed by atoms with E-state index in [4.69, 9.17) is 0 Å². The Bertz CT molecular complexity index is 660. The molecule has 0 radical (unpaired) electrons. The molecule has 2 heterocycles. The SMILES string of the molecule is CCN1C[C@]2(CCCN(CC(=O)NCc3ccccc3C)C2)CCC1=O. The number of hydrogen-bond donors (Lipinski definition) is 1. The van der Waals surface area contributed by atoms with Gasteiger partial charge in [0.15, 0.2) is 0 Å². The molecule has 2 amide bonds. The Hall–Kier alpha value is -1.88. The van der Waals surface area contributed by atoms with Gasteiger partial charge in [0.05, 0.1) is 6.54 Å². The van der Waals surface area contributed by atoms with Crippen LogP contribution in [-0.4, -0.2) is 54.3 Å². The molecule has 142 valence electrons. The summed E-state index contributed by atoms with van der Waals surface area (Å²) in [6.45, 7) is 8.70. The second-order valence-corrected chi connectivity index (χ2v) is 7.93. The van der Waals surface area contributed by atoms with Crippen molar-refractivity contribution in [3.05, 3.63) is 35.4 Å². The lowest BCUT2D eigenvalue weighted by Gasteiger charge is -2.48. The van der Waals surface area contributed by atoms with Crippen LogP contribution in [0.5, 0.6) is 0 Å². The summed E-state index contributed by atoms with van der Waals surface area (Å²) in [5.41, 5.74) is 2.55. The molecule has 1 N–H and O–H groups in total. The van der Waals surface area contributed by atoms with E-state index < -0.39 is 0 Å². The minimum absolute atomic E-state index is 0.0875. The molecule has 1 aromatic carbocycles. The summed E-state index contributed by atoms with van der Waals surface area (Å²) in [5, 5.41) is 3.06. The van der Waals surface area contributed by atoms with Crippen LogP contribution in [0.3, 0.4) is 0 Å². The molecule has 1 spiro atoms. The average Bonchev–Trinajstić information content (AvgIpc) is 2.63. The molecule has 2 aliphatic heterocycles. The molecule has 2 fully saturated rings. The molecular weight excluding hydrogens is 326 g/mol. The first-order valence-corrected chi connectivity index (χ1v) is 9.83. The highest BCUT2D eigenvalue weighted by atomic mass is 16.2. The van der Waals surface area contributed by atoms with Crippen LogP contribution in [0.2, 0.25) is 0 Å². The Morgan fingerprint density at radius 3 is 2.81 bits per heavy atom. The monoisotopic (exact) mass is 357 g/mol. The number of likely N-dealkylation sites (tertiary alicyclic amines) is 2. The zero-order chi connectivity index (χ0) is 18.6. The summed E-state index contributed by atoms with van der Waals surface area (Å²) in [6, 6.07) is 8.15. The van der Waals surface area contributed by atoms with Gasteiger partial charge in [-0.25, -0.2) is 0 Å². The number of aryl methyl sites for hydroxylation is 1. The summed E-state index contributed by atoms with van der Waals surface area (Å²) in [5.74, 6) is 0.371. The van der Waals surface area contributed by atoms with E-state index in [1.54, 1.807) is 0 Å². The van der Waals surface area contributed by atoms with E-state index >= 15 is 0 Å². The predicted octanol–water partition coefficient (Wildman–Crippen LogP) is 2.34. The lowest BCUT2D eigenvalue weighted by molar-refractivity contribution is -0.139. The van der Waals surface area contributed by atoms with E-state index in [1.165, 1.54) is 11.1 Å². The number of carbonyl (C=O) groups is 2. The third-order valence-corrected chi connectivity index (χ3v) is 5.97. The Balaban J connectivity index is 1.52. The van der Waals surface area contributed by atoms with Crippen LogP contribution in [-0.2, 0) is 16.1 Å². The van der Waals surface area contributed by atoms with Crippen LogP contribution in [0, 0.1) is 12.3 Å². The van der Waals surface area contributed by atoms with Crippen molar-refractivity contribution in [2.45, 2.75) is 46.1 Å². The van der Waals surface area contributed by atoms with E-state index in [9.17, 15) is 9.59 Å². The van der Waals surface area contributed by atoms with Gasteiger partial charge in [-0.1, -0.05) is 24.3 Å². The first-order valence-electron chi connectivity index (χ1n) is 9.83. The largest absolute Gasteiger partial charge is 0.351 e. The maximum absolute atomic E-state index is 12.4. The predicted molar refractivity (Wildman–Crippen MR) is 103 cm³/mol. The number of hydrogen-bond acceptors (Lipinski definition) is 3. The molecular formula is C21H31N3O2. The molecule has 2 aliphatic rings. The van der Waals surface area contributed by atoms with Crippen molar-refractivity contribution in [1.82, 2.24) is 15.1 Å². The zero-order valence-electron chi connectivity index (χ0n) is 16.1. The lowest BCUT2D eigenvalue weighted by Crippen LogP contribution is -2.55. The summed E-state index contributed by atoms with van der Waals surface area (Å²) in [6.07, 6.45) is 3.89. The first kappa shape index (κ1) is 18.9. The Morgan fingerprint density at radius 1 is 1.23 bits per heavy atom. The Kier molecular flexibility index (Phi) is 5.97. The minimum atomic E-state index is 0.0875. The fraction of sp³-hybridized carbons (Fsp3) is 0.619. The normalized spacial score (nSPS) is 24.1. The Morgan fingerprint density at radius 2 is 2.04 bits per heavy atom. The highest BCUT2D eigenvalue weighted by Crippen LogP contribution is 2.38. The molecule has 26 heavy (non-hydrogen) atoms. The molecule has 0 aromatic heterocycles. The molecule has 2 saturated heterocycles. The maximum atomic E-state index is 12.4. The molecule has 5 nitrogen and oxygen atoms in total. The third-order valence-electron chi connectivity index (χ3n) is 5.97. The summed E-state index contributed by atoms with van der Waals surface area (Å²) >= 11 is 0. The van der Waals surface area contributed by atoms with Crippen molar-refractivity contribution in [3.8, 4) is 0 Å². The van der Waals surface area contributed by atoms with Crippen LogP contribution in [0.1, 0.15) is 43.7 Å². The van der Waals surface area contributed by atoms with Crippen molar-refractivity contribution in [3.63, 3.8) is 0 Å². The topological polar surface area (TPSA) is 52.6 Å². The van der Waals surface area contributed by atoms with Gasteiger partial charge in [-0.3, -0.25) is 14.5 Å². The zero-order valence-corrected chi connectivity index (χ0v) is 16.1. The van der Waals surface area contributed by atoms with Gasteiger partial charge in [0.25, 0.3) is 0 Å². The number of nitrogens with one attached hydrogen (secondary N) is 1. The molecule has 0 aliphatic carbocycles. The van der Waals surface area contributed by atoms with Crippen molar-refractivity contribution in [2.75, 3.05) is 32.7 Å². The highest BCUT2D eigenvalue weighted by Gasteiger charge is 2.41. The number of piperidine rings is 2. The summed E-state index contributed by atoms with van der Waals surface area (Å²) in [7, 11) is 0.